The van der Waals surface area contributed by atoms with Gasteiger partial charge in [-0.1, -0.05) is 6.58 Å². The SMILES string of the molecule is C=C(NNC(=O)c1ccc(N)cc1)c1ccc(O)cc1. The lowest BCUT2D eigenvalue weighted by Gasteiger charge is -2.11. The molecule has 2 aromatic carbocycles. The van der Waals surface area contributed by atoms with Crippen molar-refractivity contribution in [2.24, 2.45) is 0 Å². The third kappa shape index (κ3) is 3.29. The number of aromatic hydroxyl groups is 1. The van der Waals surface area contributed by atoms with Crippen molar-refractivity contribution in [1.82, 2.24) is 10.9 Å². The maximum Gasteiger partial charge on any atom is 0.269 e. The second kappa shape index (κ2) is 5.79. The Hall–Kier alpha value is -2.95. The summed E-state index contributed by atoms with van der Waals surface area (Å²) >= 11 is 0. The predicted molar refractivity (Wildman–Crippen MR) is 78.6 cm³/mol. The topological polar surface area (TPSA) is 87.4 Å². The van der Waals surface area contributed by atoms with Crippen LogP contribution in [-0.2, 0) is 0 Å². The Morgan fingerprint density at radius 1 is 0.950 bits per heavy atom. The minimum absolute atomic E-state index is 0.174. The second-order valence-electron chi connectivity index (χ2n) is 4.23. The Bertz CT molecular complexity index is 561. The summed E-state index contributed by atoms with van der Waals surface area (Å²) in [6, 6.07) is 13.1. The van der Waals surface area contributed by atoms with Crippen LogP contribution in [-0.4, -0.2) is 11.0 Å². The highest BCUT2D eigenvalue weighted by Crippen LogP contribution is 2.14. The van der Waals surface area contributed by atoms with Crippen LogP contribution in [0.4, 0.5) is 5.69 Å². The average Bonchev–Trinajstić information content (AvgIpc) is 2.46. The first-order chi connectivity index (χ1) is 9.56. The summed E-state index contributed by atoms with van der Waals surface area (Å²) in [7, 11) is 0. The van der Waals surface area contributed by atoms with Gasteiger partial charge in [-0.3, -0.25) is 15.6 Å². The molecule has 5 nitrogen and oxygen atoms in total. The summed E-state index contributed by atoms with van der Waals surface area (Å²) in [5.41, 5.74) is 13.2. The van der Waals surface area contributed by atoms with Gasteiger partial charge in [0.15, 0.2) is 0 Å². The second-order valence-corrected chi connectivity index (χ2v) is 4.23. The first kappa shape index (κ1) is 13.5. The van der Waals surface area contributed by atoms with E-state index in [1.165, 1.54) is 0 Å². The largest absolute Gasteiger partial charge is 0.508 e. The summed E-state index contributed by atoms with van der Waals surface area (Å²) in [6.07, 6.45) is 0. The Labute approximate surface area is 116 Å². The van der Waals surface area contributed by atoms with Crippen molar-refractivity contribution in [2.45, 2.75) is 0 Å². The first-order valence-corrected chi connectivity index (χ1v) is 5.96. The van der Waals surface area contributed by atoms with Crippen molar-refractivity contribution >= 4 is 17.3 Å². The molecular weight excluding hydrogens is 254 g/mol. The summed E-state index contributed by atoms with van der Waals surface area (Å²) in [5.74, 6) is -0.114. The molecule has 2 rings (SSSR count). The van der Waals surface area contributed by atoms with E-state index >= 15 is 0 Å². The zero-order valence-corrected chi connectivity index (χ0v) is 10.8. The number of rotatable bonds is 4. The van der Waals surface area contributed by atoms with Crippen LogP contribution in [0.1, 0.15) is 15.9 Å². The molecule has 0 aliphatic carbocycles. The third-order valence-electron chi connectivity index (χ3n) is 2.72. The molecule has 0 saturated carbocycles. The first-order valence-electron chi connectivity index (χ1n) is 5.96. The number of hydrogen-bond donors (Lipinski definition) is 4. The molecule has 1 amide bonds. The summed E-state index contributed by atoms with van der Waals surface area (Å²) in [5, 5.41) is 9.20. The highest BCUT2D eigenvalue weighted by Gasteiger charge is 2.05. The number of nitrogen functional groups attached to an aromatic ring is 1. The van der Waals surface area contributed by atoms with Gasteiger partial charge < -0.3 is 10.8 Å². The van der Waals surface area contributed by atoms with Gasteiger partial charge >= 0.3 is 0 Å². The Morgan fingerprint density at radius 3 is 2.10 bits per heavy atom. The molecule has 0 spiro atoms. The predicted octanol–water partition coefficient (Wildman–Crippen LogP) is 1.88. The summed E-state index contributed by atoms with van der Waals surface area (Å²) in [4.78, 5) is 11.9. The Morgan fingerprint density at radius 2 is 1.50 bits per heavy atom. The Kier molecular flexibility index (Phi) is 3.91. The van der Waals surface area contributed by atoms with Crippen LogP contribution in [0.5, 0.6) is 5.75 Å². The molecule has 0 unspecified atom stereocenters. The van der Waals surface area contributed by atoms with Gasteiger partial charge in [0.25, 0.3) is 5.91 Å². The van der Waals surface area contributed by atoms with Gasteiger partial charge in [-0.2, -0.15) is 0 Å². The number of amides is 1. The number of carbonyl (C=O) groups excluding carboxylic acids is 1. The molecule has 0 aromatic heterocycles. The number of nitrogens with one attached hydrogen (secondary N) is 2. The highest BCUT2D eigenvalue weighted by atomic mass is 16.3. The van der Waals surface area contributed by atoms with E-state index in [9.17, 15) is 9.90 Å². The van der Waals surface area contributed by atoms with Gasteiger partial charge in [0.2, 0.25) is 0 Å². The molecule has 0 saturated heterocycles. The number of anilines is 1. The molecule has 0 radical (unpaired) electrons. The molecule has 5 heteroatoms. The van der Waals surface area contributed by atoms with E-state index in [2.05, 4.69) is 17.4 Å². The fourth-order valence-electron chi connectivity index (χ4n) is 1.57. The normalized spacial score (nSPS) is 9.80. The van der Waals surface area contributed by atoms with E-state index in [4.69, 9.17) is 5.73 Å². The van der Waals surface area contributed by atoms with E-state index in [1.807, 2.05) is 0 Å². The van der Waals surface area contributed by atoms with Crippen LogP contribution in [0.3, 0.4) is 0 Å². The van der Waals surface area contributed by atoms with Gasteiger partial charge in [-0.15, -0.1) is 0 Å². The van der Waals surface area contributed by atoms with Crippen molar-refractivity contribution in [2.75, 3.05) is 5.73 Å². The number of hydrazine groups is 1. The van der Waals surface area contributed by atoms with Crippen LogP contribution in [0.25, 0.3) is 5.70 Å². The monoisotopic (exact) mass is 269 g/mol. The molecular formula is C15H15N3O2. The average molecular weight is 269 g/mol. The van der Waals surface area contributed by atoms with Gasteiger partial charge in [0.05, 0.1) is 5.70 Å². The maximum absolute atomic E-state index is 11.9. The molecule has 0 bridgehead atoms. The fraction of sp³-hybridized carbons (Fsp3) is 0. The van der Waals surface area contributed by atoms with Crippen LogP contribution in [0, 0.1) is 0 Å². The molecule has 0 aliphatic rings. The van der Waals surface area contributed by atoms with Crippen LogP contribution >= 0.6 is 0 Å². The quantitative estimate of drug-likeness (QED) is 0.504. The fourth-order valence-corrected chi connectivity index (χ4v) is 1.57. The van der Waals surface area contributed by atoms with Crippen molar-refractivity contribution in [3.8, 4) is 5.75 Å². The third-order valence-corrected chi connectivity index (χ3v) is 2.72. The Balaban J connectivity index is 1.94. The van der Waals surface area contributed by atoms with E-state index in [0.717, 1.165) is 5.56 Å². The number of phenolic OH excluding ortho intramolecular Hbond substituents is 1. The van der Waals surface area contributed by atoms with Gasteiger partial charge in [-0.05, 0) is 54.1 Å². The van der Waals surface area contributed by atoms with Crippen LogP contribution in [0.2, 0.25) is 0 Å². The number of carbonyl (C=O) groups is 1. The minimum Gasteiger partial charge on any atom is -0.508 e. The van der Waals surface area contributed by atoms with E-state index in [1.54, 1.807) is 48.5 Å². The van der Waals surface area contributed by atoms with Gasteiger partial charge in [0.1, 0.15) is 5.75 Å². The lowest BCUT2D eigenvalue weighted by Crippen LogP contribution is -2.35. The maximum atomic E-state index is 11.9. The van der Waals surface area contributed by atoms with Crippen molar-refractivity contribution in [1.29, 1.82) is 0 Å². The van der Waals surface area contributed by atoms with Crippen LogP contribution < -0.4 is 16.6 Å². The van der Waals surface area contributed by atoms with Crippen molar-refractivity contribution in [3.05, 3.63) is 66.2 Å². The van der Waals surface area contributed by atoms with Crippen LogP contribution in [0.15, 0.2) is 55.1 Å². The van der Waals surface area contributed by atoms with E-state index < -0.39 is 0 Å². The zero-order valence-electron chi connectivity index (χ0n) is 10.8. The molecule has 0 aliphatic heterocycles. The van der Waals surface area contributed by atoms with E-state index in [-0.39, 0.29) is 11.7 Å². The van der Waals surface area contributed by atoms with Gasteiger partial charge in [0, 0.05) is 11.3 Å². The molecule has 0 heterocycles. The lowest BCUT2D eigenvalue weighted by molar-refractivity contribution is 0.0942. The summed E-state index contributed by atoms with van der Waals surface area (Å²) in [6.45, 7) is 3.81. The number of benzene rings is 2. The van der Waals surface area contributed by atoms with Gasteiger partial charge in [-0.25, -0.2) is 0 Å². The van der Waals surface area contributed by atoms with Crippen molar-refractivity contribution in [3.63, 3.8) is 0 Å². The standard InChI is InChI=1S/C15H15N3O2/c1-10(11-4-8-14(19)9-5-11)17-18-15(20)12-2-6-13(16)7-3-12/h2-9,17,19H,1,16H2,(H,18,20). The molecule has 0 fully saturated rings. The minimum atomic E-state index is -0.287. The highest BCUT2D eigenvalue weighted by molar-refractivity contribution is 5.94. The van der Waals surface area contributed by atoms with E-state index in [0.29, 0.717) is 16.9 Å². The molecule has 102 valence electrons. The molecule has 5 N–H and O–H groups in total. The smallest absolute Gasteiger partial charge is 0.269 e. The molecule has 20 heavy (non-hydrogen) atoms. The number of phenols is 1. The molecule has 0 atom stereocenters. The van der Waals surface area contributed by atoms with Crippen molar-refractivity contribution < 1.29 is 9.90 Å². The lowest BCUT2D eigenvalue weighted by atomic mass is 10.2. The molecule has 2 aromatic rings. The zero-order chi connectivity index (χ0) is 14.5. The number of hydrogen-bond acceptors (Lipinski definition) is 4. The number of nitrogens with two attached hydrogens (primary N) is 1. The summed E-state index contributed by atoms with van der Waals surface area (Å²) < 4.78 is 0.